The quantitative estimate of drug-likeness (QED) is 0.710. The lowest BCUT2D eigenvalue weighted by Gasteiger charge is -2.30. The van der Waals surface area contributed by atoms with Crippen molar-refractivity contribution in [1.29, 1.82) is 0 Å². The zero-order chi connectivity index (χ0) is 14.4. The normalized spacial score (nSPS) is 26.3. The zero-order valence-corrected chi connectivity index (χ0v) is 12.2. The van der Waals surface area contributed by atoms with Gasteiger partial charge in [-0.3, -0.25) is 4.79 Å². The Morgan fingerprint density at radius 1 is 1.26 bits per heavy atom. The average molecular weight is 269 g/mol. The maximum atomic E-state index is 12.2. The summed E-state index contributed by atoms with van der Waals surface area (Å²) in [5, 5.41) is 5.61. The number of carbonyl (C=O) groups excluding carboxylic acids is 2. The smallest absolute Gasteiger partial charge is 0.312 e. The predicted molar refractivity (Wildman–Crippen MR) is 75.5 cm³/mol. The van der Waals surface area contributed by atoms with Crippen LogP contribution in [-0.4, -0.2) is 24.0 Å². The van der Waals surface area contributed by atoms with Crippen molar-refractivity contribution in [2.24, 2.45) is 17.6 Å². The minimum atomic E-state index is -0.641. The lowest BCUT2D eigenvalue weighted by molar-refractivity contribution is -0.125. The molecule has 0 spiro atoms. The van der Waals surface area contributed by atoms with Crippen molar-refractivity contribution in [1.82, 2.24) is 10.6 Å². The number of hydrogen-bond donors (Lipinski definition) is 3. The predicted octanol–water partition coefficient (Wildman–Crippen LogP) is 1.76. The van der Waals surface area contributed by atoms with Gasteiger partial charge in [0.2, 0.25) is 5.91 Å². The molecule has 0 bridgehead atoms. The lowest BCUT2D eigenvalue weighted by Crippen LogP contribution is -2.54. The van der Waals surface area contributed by atoms with Gasteiger partial charge in [0.25, 0.3) is 0 Å². The van der Waals surface area contributed by atoms with Crippen LogP contribution >= 0.6 is 0 Å². The Hall–Kier alpha value is -1.26. The summed E-state index contributed by atoms with van der Waals surface area (Å²) in [6, 6.07) is -0.926. The molecule has 5 heteroatoms. The van der Waals surface area contributed by atoms with Crippen LogP contribution in [0.4, 0.5) is 4.79 Å². The van der Waals surface area contributed by atoms with E-state index in [1.807, 2.05) is 13.8 Å². The molecule has 0 saturated heterocycles. The van der Waals surface area contributed by atoms with E-state index in [2.05, 4.69) is 17.6 Å². The Bertz CT molecular complexity index is 312. The zero-order valence-electron chi connectivity index (χ0n) is 12.2. The second kappa shape index (κ2) is 7.36. The van der Waals surface area contributed by atoms with E-state index < -0.39 is 12.1 Å². The van der Waals surface area contributed by atoms with Crippen LogP contribution in [0.3, 0.4) is 0 Å². The number of amides is 3. The number of carbonyl (C=O) groups is 2. The fraction of sp³-hybridized carbons (Fsp3) is 0.857. The second-order valence-corrected chi connectivity index (χ2v) is 5.84. The Morgan fingerprint density at radius 3 is 2.32 bits per heavy atom. The van der Waals surface area contributed by atoms with Crippen LogP contribution < -0.4 is 16.4 Å². The molecule has 3 amide bonds. The first-order valence-corrected chi connectivity index (χ1v) is 7.30. The van der Waals surface area contributed by atoms with Gasteiger partial charge in [0.1, 0.15) is 6.04 Å². The highest BCUT2D eigenvalue weighted by atomic mass is 16.2. The fourth-order valence-corrected chi connectivity index (χ4v) is 2.55. The lowest BCUT2D eigenvalue weighted by atomic mass is 9.87. The summed E-state index contributed by atoms with van der Waals surface area (Å²) in [6.07, 6.45) is 5.18. The van der Waals surface area contributed by atoms with E-state index in [1.54, 1.807) is 0 Å². The summed E-state index contributed by atoms with van der Waals surface area (Å²) in [4.78, 5) is 23.2. The Kier molecular flexibility index (Phi) is 6.12. The van der Waals surface area contributed by atoms with Gasteiger partial charge < -0.3 is 16.4 Å². The van der Waals surface area contributed by atoms with Crippen molar-refractivity contribution >= 4 is 11.9 Å². The van der Waals surface area contributed by atoms with Gasteiger partial charge in [-0.05, 0) is 37.5 Å². The second-order valence-electron chi connectivity index (χ2n) is 5.84. The van der Waals surface area contributed by atoms with Gasteiger partial charge in [0.15, 0.2) is 0 Å². The molecule has 0 aliphatic heterocycles. The Balaban J connectivity index is 2.53. The molecule has 0 heterocycles. The molecule has 0 aromatic rings. The molecule has 1 aliphatic carbocycles. The van der Waals surface area contributed by atoms with Crippen LogP contribution in [0.15, 0.2) is 0 Å². The van der Waals surface area contributed by atoms with Crippen molar-refractivity contribution in [3.8, 4) is 0 Å². The number of urea groups is 1. The van der Waals surface area contributed by atoms with Crippen LogP contribution in [0.25, 0.3) is 0 Å². The minimum Gasteiger partial charge on any atom is -0.352 e. The third-order valence-corrected chi connectivity index (χ3v) is 4.16. The number of rotatable bonds is 5. The first-order chi connectivity index (χ1) is 8.93. The van der Waals surface area contributed by atoms with E-state index in [-0.39, 0.29) is 17.9 Å². The standard InChI is InChI=1S/C14H27N3O2/c1-4-10(3)12(17-14(15)19)13(18)16-11-7-5-9(2)6-8-11/h9-12H,4-8H2,1-3H3,(H,16,18)(H3,15,17,19). The molecule has 110 valence electrons. The van der Waals surface area contributed by atoms with Gasteiger partial charge in [0.05, 0.1) is 0 Å². The van der Waals surface area contributed by atoms with Crippen LogP contribution in [0.1, 0.15) is 52.9 Å². The highest BCUT2D eigenvalue weighted by Gasteiger charge is 2.28. The minimum absolute atomic E-state index is 0.0787. The molecular formula is C14H27N3O2. The van der Waals surface area contributed by atoms with Gasteiger partial charge in [-0.25, -0.2) is 4.79 Å². The maximum absolute atomic E-state index is 12.2. The monoisotopic (exact) mass is 269 g/mol. The van der Waals surface area contributed by atoms with Crippen molar-refractivity contribution < 1.29 is 9.59 Å². The molecule has 4 N–H and O–H groups in total. The fourth-order valence-electron chi connectivity index (χ4n) is 2.55. The highest BCUT2D eigenvalue weighted by molar-refractivity contribution is 5.86. The van der Waals surface area contributed by atoms with E-state index in [0.717, 1.165) is 38.0 Å². The molecule has 19 heavy (non-hydrogen) atoms. The van der Waals surface area contributed by atoms with Gasteiger partial charge in [-0.15, -0.1) is 0 Å². The van der Waals surface area contributed by atoms with E-state index >= 15 is 0 Å². The first-order valence-electron chi connectivity index (χ1n) is 7.30. The molecule has 1 fully saturated rings. The Morgan fingerprint density at radius 2 is 1.84 bits per heavy atom. The molecule has 0 aromatic heterocycles. The van der Waals surface area contributed by atoms with E-state index in [9.17, 15) is 9.59 Å². The number of primary amides is 1. The molecule has 2 unspecified atom stereocenters. The van der Waals surface area contributed by atoms with Gasteiger partial charge in [0, 0.05) is 6.04 Å². The van der Waals surface area contributed by atoms with E-state index in [4.69, 9.17) is 5.73 Å². The molecule has 0 aromatic carbocycles. The van der Waals surface area contributed by atoms with Gasteiger partial charge in [-0.2, -0.15) is 0 Å². The van der Waals surface area contributed by atoms with E-state index in [1.165, 1.54) is 0 Å². The Labute approximate surface area is 115 Å². The molecule has 1 saturated carbocycles. The summed E-state index contributed by atoms with van der Waals surface area (Å²) in [7, 11) is 0. The summed E-state index contributed by atoms with van der Waals surface area (Å²) in [5.74, 6) is 0.727. The summed E-state index contributed by atoms with van der Waals surface area (Å²) < 4.78 is 0. The third-order valence-electron chi connectivity index (χ3n) is 4.16. The summed E-state index contributed by atoms with van der Waals surface area (Å²) in [6.45, 7) is 6.19. The van der Waals surface area contributed by atoms with Crippen molar-refractivity contribution in [2.75, 3.05) is 0 Å². The number of hydrogen-bond acceptors (Lipinski definition) is 2. The van der Waals surface area contributed by atoms with Crippen LogP contribution in [0.5, 0.6) is 0 Å². The largest absolute Gasteiger partial charge is 0.352 e. The van der Waals surface area contributed by atoms with Crippen LogP contribution in [-0.2, 0) is 4.79 Å². The summed E-state index contributed by atoms with van der Waals surface area (Å²) in [5.41, 5.74) is 5.14. The molecule has 1 aliphatic rings. The topological polar surface area (TPSA) is 84.2 Å². The van der Waals surface area contributed by atoms with Crippen molar-refractivity contribution in [3.05, 3.63) is 0 Å². The molecule has 1 rings (SSSR count). The van der Waals surface area contributed by atoms with Gasteiger partial charge >= 0.3 is 6.03 Å². The maximum Gasteiger partial charge on any atom is 0.312 e. The van der Waals surface area contributed by atoms with E-state index in [0.29, 0.717) is 0 Å². The molecule has 5 nitrogen and oxygen atoms in total. The highest BCUT2D eigenvalue weighted by Crippen LogP contribution is 2.23. The summed E-state index contributed by atoms with van der Waals surface area (Å²) >= 11 is 0. The van der Waals surface area contributed by atoms with Crippen molar-refractivity contribution in [2.45, 2.75) is 65.0 Å². The third kappa shape index (κ3) is 5.09. The average Bonchev–Trinajstić information content (AvgIpc) is 2.37. The first kappa shape index (κ1) is 15.8. The van der Waals surface area contributed by atoms with Crippen molar-refractivity contribution in [3.63, 3.8) is 0 Å². The van der Waals surface area contributed by atoms with Crippen LogP contribution in [0.2, 0.25) is 0 Å². The van der Waals surface area contributed by atoms with Crippen LogP contribution in [0, 0.1) is 11.8 Å². The number of nitrogens with two attached hydrogens (primary N) is 1. The molecular weight excluding hydrogens is 242 g/mol. The molecule has 0 radical (unpaired) electrons. The molecule has 2 atom stereocenters. The SMILES string of the molecule is CCC(C)C(NC(N)=O)C(=O)NC1CCC(C)CC1. The number of nitrogens with one attached hydrogen (secondary N) is 2. The van der Waals surface area contributed by atoms with Gasteiger partial charge in [-0.1, -0.05) is 27.2 Å².